The van der Waals surface area contributed by atoms with E-state index in [0.717, 1.165) is 12.6 Å². The zero-order valence-electron chi connectivity index (χ0n) is 16.7. The molecule has 0 amide bonds. The molecule has 0 saturated heterocycles. The van der Waals surface area contributed by atoms with E-state index >= 15 is 0 Å². The van der Waals surface area contributed by atoms with Crippen LogP contribution in [-0.2, 0) is 6.42 Å². The molecule has 1 nitrogen and oxygen atoms in total. The van der Waals surface area contributed by atoms with Crippen LogP contribution in [0, 0.1) is 11.3 Å². The van der Waals surface area contributed by atoms with Crippen LogP contribution in [0.1, 0.15) is 11.1 Å². The number of hydrogen-bond donors (Lipinski definition) is 0. The molecule has 0 spiro atoms. The van der Waals surface area contributed by atoms with Crippen molar-refractivity contribution in [3.63, 3.8) is 0 Å². The first-order chi connectivity index (χ1) is 14.6. The van der Waals surface area contributed by atoms with E-state index in [2.05, 4.69) is 78.9 Å². The fourth-order valence-corrected chi connectivity index (χ4v) is 10.1. The van der Waals surface area contributed by atoms with Crippen LogP contribution in [0.25, 0.3) is 0 Å². The Balaban J connectivity index is 1.92. The summed E-state index contributed by atoms with van der Waals surface area (Å²) < 4.78 is 0. The SMILES string of the molecule is N#Cc1ccc(CCP(Cl)(c2ccccc2)(c2ccccc2)c2ccccc2)cc1. The molecule has 0 radical (unpaired) electrons. The van der Waals surface area contributed by atoms with Crippen LogP contribution in [0.3, 0.4) is 0 Å². The van der Waals surface area contributed by atoms with E-state index in [0.29, 0.717) is 5.56 Å². The molecule has 30 heavy (non-hydrogen) atoms. The molecular formula is C27H23ClNP. The molecule has 3 heteroatoms. The van der Waals surface area contributed by atoms with Gasteiger partial charge in [0.2, 0.25) is 0 Å². The zero-order chi connectivity index (χ0) is 20.9. The van der Waals surface area contributed by atoms with Crippen LogP contribution in [-0.4, -0.2) is 6.16 Å². The summed E-state index contributed by atoms with van der Waals surface area (Å²) in [6.07, 6.45) is 1.63. The van der Waals surface area contributed by atoms with Gasteiger partial charge in [0.05, 0.1) is 0 Å². The summed E-state index contributed by atoms with van der Waals surface area (Å²) >= 11 is 8.06. The van der Waals surface area contributed by atoms with Crippen molar-refractivity contribution >= 4 is 33.1 Å². The number of nitrogens with zero attached hydrogens (tertiary/aromatic N) is 1. The summed E-state index contributed by atoms with van der Waals surface area (Å²) in [4.78, 5) is 0. The Labute approximate surface area is 183 Å². The quantitative estimate of drug-likeness (QED) is 0.357. The molecule has 0 heterocycles. The number of benzene rings is 4. The van der Waals surface area contributed by atoms with E-state index in [9.17, 15) is 0 Å². The molecule has 0 saturated carbocycles. The molecule has 4 aromatic rings. The summed E-state index contributed by atoms with van der Waals surface area (Å²) in [5.74, 6) is -3.24. The van der Waals surface area contributed by atoms with Crippen LogP contribution in [0.4, 0.5) is 0 Å². The van der Waals surface area contributed by atoms with Crippen molar-refractivity contribution in [2.75, 3.05) is 6.16 Å². The van der Waals surface area contributed by atoms with Gasteiger partial charge in [-0.05, 0) is 0 Å². The molecule has 4 rings (SSSR count). The second kappa shape index (κ2) is 8.45. The zero-order valence-corrected chi connectivity index (χ0v) is 18.3. The van der Waals surface area contributed by atoms with Gasteiger partial charge in [-0.15, -0.1) is 0 Å². The van der Waals surface area contributed by atoms with Crippen LogP contribution in [0.2, 0.25) is 0 Å². The van der Waals surface area contributed by atoms with Gasteiger partial charge in [0, 0.05) is 0 Å². The third-order valence-electron chi connectivity index (χ3n) is 5.79. The Kier molecular flexibility index (Phi) is 5.74. The van der Waals surface area contributed by atoms with Gasteiger partial charge in [-0.25, -0.2) is 0 Å². The van der Waals surface area contributed by atoms with E-state index in [1.807, 2.05) is 42.5 Å². The molecule has 0 fully saturated rings. The Bertz CT molecular complexity index is 1050. The second-order valence-corrected chi connectivity index (χ2v) is 14.1. The van der Waals surface area contributed by atoms with Crippen molar-refractivity contribution in [3.8, 4) is 6.07 Å². The van der Waals surface area contributed by atoms with Gasteiger partial charge in [0.15, 0.2) is 0 Å². The van der Waals surface area contributed by atoms with Crippen LogP contribution < -0.4 is 15.9 Å². The van der Waals surface area contributed by atoms with Crippen molar-refractivity contribution in [1.29, 1.82) is 5.26 Å². The molecule has 0 N–H and O–H groups in total. The molecule has 148 valence electrons. The average molecular weight is 428 g/mol. The van der Waals surface area contributed by atoms with E-state index < -0.39 is 5.96 Å². The first-order valence-electron chi connectivity index (χ1n) is 10.0. The van der Waals surface area contributed by atoms with Crippen LogP contribution >= 0.6 is 17.2 Å². The van der Waals surface area contributed by atoms with Crippen LogP contribution in [0.5, 0.6) is 0 Å². The predicted octanol–water partition coefficient (Wildman–Crippen LogP) is 5.78. The normalized spacial score (nSPS) is 12.5. The molecule has 0 bridgehead atoms. The Hall–Kier alpha value is -2.91. The Morgan fingerprint density at radius 3 is 1.37 bits per heavy atom. The third kappa shape index (κ3) is 3.54. The summed E-state index contributed by atoms with van der Waals surface area (Å²) in [5.41, 5.74) is 1.86. The topological polar surface area (TPSA) is 23.8 Å². The minimum absolute atomic E-state index is 0.677. The number of aryl methyl sites for hydroxylation is 1. The van der Waals surface area contributed by atoms with Gasteiger partial charge in [0.1, 0.15) is 0 Å². The number of nitriles is 1. The first-order valence-corrected chi connectivity index (χ1v) is 13.4. The summed E-state index contributed by atoms with van der Waals surface area (Å²) in [6, 6.07) is 41.6. The third-order valence-corrected chi connectivity index (χ3v) is 13.2. The number of rotatable bonds is 6. The number of hydrogen-bond acceptors (Lipinski definition) is 1. The average Bonchev–Trinajstić information content (AvgIpc) is 2.85. The van der Waals surface area contributed by atoms with Gasteiger partial charge in [-0.2, -0.15) is 0 Å². The van der Waals surface area contributed by atoms with Crippen LogP contribution in [0.15, 0.2) is 115 Å². The molecule has 0 aromatic heterocycles. The van der Waals surface area contributed by atoms with E-state index in [1.165, 1.54) is 21.5 Å². The molecule has 0 aliphatic heterocycles. The van der Waals surface area contributed by atoms with Gasteiger partial charge < -0.3 is 0 Å². The van der Waals surface area contributed by atoms with E-state index in [-0.39, 0.29) is 0 Å². The van der Waals surface area contributed by atoms with E-state index in [1.54, 1.807) is 0 Å². The molecule has 0 aliphatic carbocycles. The van der Waals surface area contributed by atoms with Gasteiger partial charge in [0.25, 0.3) is 0 Å². The summed E-state index contributed by atoms with van der Waals surface area (Å²) in [5, 5.41) is 12.6. The van der Waals surface area contributed by atoms with Crippen molar-refractivity contribution in [3.05, 3.63) is 126 Å². The predicted molar refractivity (Wildman–Crippen MR) is 131 cm³/mol. The first kappa shape index (κ1) is 20.4. The molecule has 4 aromatic carbocycles. The monoisotopic (exact) mass is 427 g/mol. The molecule has 0 unspecified atom stereocenters. The van der Waals surface area contributed by atoms with E-state index in [4.69, 9.17) is 16.5 Å². The fraction of sp³-hybridized carbons (Fsp3) is 0.0741. The van der Waals surface area contributed by atoms with Crippen molar-refractivity contribution < 1.29 is 0 Å². The maximum atomic E-state index is 9.11. The van der Waals surface area contributed by atoms with Gasteiger partial charge in [-0.3, -0.25) is 0 Å². The minimum atomic E-state index is -3.24. The fourth-order valence-electron chi connectivity index (χ4n) is 4.14. The molecule has 0 atom stereocenters. The van der Waals surface area contributed by atoms with Crippen molar-refractivity contribution in [1.82, 2.24) is 0 Å². The summed E-state index contributed by atoms with van der Waals surface area (Å²) in [6.45, 7) is 0. The van der Waals surface area contributed by atoms with Gasteiger partial charge in [-0.1, -0.05) is 0 Å². The standard InChI is InChI=1S/C27H23ClNP/c28-30(25-10-4-1-5-11-25,26-12-6-2-7-13-26,27-14-8-3-9-15-27)21-20-23-16-18-24(22-29)19-17-23/h1-19H,20-21H2. The number of halogens is 1. The van der Waals surface area contributed by atoms with Crippen molar-refractivity contribution in [2.45, 2.75) is 6.42 Å². The van der Waals surface area contributed by atoms with Crippen molar-refractivity contribution in [2.24, 2.45) is 0 Å². The maximum absolute atomic E-state index is 9.11. The molecule has 0 aliphatic rings. The second-order valence-electron chi connectivity index (χ2n) is 7.47. The van der Waals surface area contributed by atoms with Gasteiger partial charge >= 0.3 is 183 Å². The summed E-state index contributed by atoms with van der Waals surface area (Å²) in [7, 11) is 0. The Morgan fingerprint density at radius 2 is 1.00 bits per heavy atom. The Morgan fingerprint density at radius 1 is 0.600 bits per heavy atom. The molecular weight excluding hydrogens is 405 g/mol.